The summed E-state index contributed by atoms with van der Waals surface area (Å²) in [6, 6.07) is 12.0. The Bertz CT molecular complexity index is 1070. The van der Waals surface area contributed by atoms with E-state index in [-0.39, 0.29) is 24.3 Å². The van der Waals surface area contributed by atoms with Gasteiger partial charge in [0, 0.05) is 17.1 Å². The van der Waals surface area contributed by atoms with Crippen LogP contribution in [0.1, 0.15) is 11.1 Å². The lowest BCUT2D eigenvalue weighted by atomic mass is 10.0. The number of rotatable bonds is 5. The van der Waals surface area contributed by atoms with Gasteiger partial charge in [-0.3, -0.25) is 14.2 Å². The average Bonchev–Trinajstić information content (AvgIpc) is 2.81. The zero-order valence-electron chi connectivity index (χ0n) is 13.7. The van der Waals surface area contributed by atoms with Gasteiger partial charge in [0.25, 0.3) is 5.56 Å². The fourth-order valence-corrected chi connectivity index (χ4v) is 3.28. The van der Waals surface area contributed by atoms with Crippen molar-refractivity contribution in [1.82, 2.24) is 9.36 Å². The van der Waals surface area contributed by atoms with E-state index in [2.05, 4.69) is 20.7 Å². The normalized spacial score (nSPS) is 11.1. The quantitative estimate of drug-likeness (QED) is 0.628. The lowest BCUT2D eigenvalue weighted by Crippen LogP contribution is -2.20. The number of nitrogens with zero attached hydrogens (tertiary/aromatic N) is 3. The molecule has 0 saturated heterocycles. The van der Waals surface area contributed by atoms with Crippen LogP contribution in [0, 0.1) is 11.3 Å². The second kappa shape index (κ2) is 7.30. The molecule has 1 aromatic heterocycles. The van der Waals surface area contributed by atoms with E-state index in [1.165, 1.54) is 10.7 Å². The van der Waals surface area contributed by atoms with Crippen LogP contribution in [-0.4, -0.2) is 16.0 Å². The topological polar surface area (TPSA) is 60.0 Å². The summed E-state index contributed by atoms with van der Waals surface area (Å²) in [5.74, 6) is -0.00274. The molecule has 0 atom stereocenters. The Morgan fingerprint density at radius 1 is 1.31 bits per heavy atom. The maximum absolute atomic E-state index is 12.8. The SMILES string of the molecule is Cn1c(=O)c2ccc(Br)cc2n1Cc1c(CC#N)cccc1OC(F)F. The minimum atomic E-state index is -2.98. The van der Waals surface area contributed by atoms with Crippen LogP contribution in [-0.2, 0) is 20.0 Å². The van der Waals surface area contributed by atoms with Crippen LogP contribution < -0.4 is 10.3 Å². The molecule has 0 unspecified atom stereocenters. The summed E-state index contributed by atoms with van der Waals surface area (Å²) < 4.78 is 34.1. The Hall–Kier alpha value is -2.66. The summed E-state index contributed by atoms with van der Waals surface area (Å²) >= 11 is 3.38. The van der Waals surface area contributed by atoms with Crippen LogP contribution in [0.15, 0.2) is 45.7 Å². The highest BCUT2D eigenvalue weighted by Crippen LogP contribution is 2.27. The molecule has 0 bridgehead atoms. The minimum absolute atomic E-state index is 0.00274. The molecule has 0 aliphatic rings. The van der Waals surface area contributed by atoms with Crippen molar-refractivity contribution < 1.29 is 13.5 Å². The molecule has 1 heterocycles. The highest BCUT2D eigenvalue weighted by molar-refractivity contribution is 9.10. The van der Waals surface area contributed by atoms with E-state index in [1.807, 2.05) is 6.07 Å². The fraction of sp³-hybridized carbons (Fsp3) is 0.222. The highest BCUT2D eigenvalue weighted by Gasteiger charge is 2.17. The smallest absolute Gasteiger partial charge is 0.387 e. The molecule has 0 spiro atoms. The van der Waals surface area contributed by atoms with Crippen molar-refractivity contribution in [3.05, 3.63) is 62.4 Å². The fourth-order valence-electron chi connectivity index (χ4n) is 2.93. The van der Waals surface area contributed by atoms with E-state index in [4.69, 9.17) is 5.26 Å². The number of fused-ring (bicyclic) bond motifs is 1. The third kappa shape index (κ3) is 3.35. The third-order valence-corrected chi connectivity index (χ3v) is 4.64. The molecule has 26 heavy (non-hydrogen) atoms. The molecule has 3 aromatic rings. The number of nitriles is 1. The van der Waals surface area contributed by atoms with Crippen LogP contribution in [0.25, 0.3) is 10.9 Å². The second-order valence-electron chi connectivity index (χ2n) is 5.66. The Morgan fingerprint density at radius 3 is 2.77 bits per heavy atom. The van der Waals surface area contributed by atoms with E-state index in [0.717, 1.165) is 4.47 Å². The molecule has 8 heteroatoms. The summed E-state index contributed by atoms with van der Waals surface area (Å²) in [7, 11) is 1.61. The molecule has 134 valence electrons. The predicted molar refractivity (Wildman–Crippen MR) is 96.4 cm³/mol. The summed E-state index contributed by atoms with van der Waals surface area (Å²) in [6.07, 6.45) is 0.0482. The standard InChI is InChI=1S/C18H14BrF2N3O2/c1-23-17(25)13-6-5-12(19)9-15(13)24(23)10-14-11(7-8-22)3-2-4-16(14)26-18(20)21/h2-6,9,18H,7,10H2,1H3. The first kappa shape index (κ1) is 18.1. The first-order chi connectivity index (χ1) is 12.4. The summed E-state index contributed by atoms with van der Waals surface area (Å²) in [5.41, 5.74) is 1.49. The molecular weight excluding hydrogens is 408 g/mol. The maximum atomic E-state index is 12.8. The van der Waals surface area contributed by atoms with Crippen LogP contribution in [0.2, 0.25) is 0 Å². The Balaban J connectivity index is 2.19. The highest BCUT2D eigenvalue weighted by atomic mass is 79.9. The van der Waals surface area contributed by atoms with Gasteiger partial charge in [0.2, 0.25) is 0 Å². The van der Waals surface area contributed by atoms with Gasteiger partial charge < -0.3 is 4.74 Å². The summed E-state index contributed by atoms with van der Waals surface area (Å²) in [6.45, 7) is -2.86. The monoisotopic (exact) mass is 421 g/mol. The van der Waals surface area contributed by atoms with E-state index in [0.29, 0.717) is 22.0 Å². The van der Waals surface area contributed by atoms with Crippen LogP contribution in [0.4, 0.5) is 8.78 Å². The maximum Gasteiger partial charge on any atom is 0.387 e. The van der Waals surface area contributed by atoms with Crippen molar-refractivity contribution >= 4 is 26.8 Å². The van der Waals surface area contributed by atoms with Gasteiger partial charge in [-0.25, -0.2) is 0 Å². The lowest BCUT2D eigenvalue weighted by Gasteiger charge is -2.16. The molecule has 0 aliphatic carbocycles. The van der Waals surface area contributed by atoms with E-state index < -0.39 is 6.61 Å². The van der Waals surface area contributed by atoms with E-state index in [9.17, 15) is 13.6 Å². The number of benzene rings is 2. The first-order valence-electron chi connectivity index (χ1n) is 7.70. The Morgan fingerprint density at radius 2 is 2.08 bits per heavy atom. The largest absolute Gasteiger partial charge is 0.434 e. The van der Waals surface area contributed by atoms with Gasteiger partial charge in [0.05, 0.1) is 29.9 Å². The number of aromatic nitrogens is 2. The third-order valence-electron chi connectivity index (χ3n) is 4.15. The molecule has 3 rings (SSSR count). The average molecular weight is 422 g/mol. The molecule has 5 nitrogen and oxygen atoms in total. The van der Waals surface area contributed by atoms with Crippen molar-refractivity contribution in [2.45, 2.75) is 19.6 Å². The van der Waals surface area contributed by atoms with Crippen LogP contribution >= 0.6 is 15.9 Å². The molecule has 0 fully saturated rings. The van der Waals surface area contributed by atoms with Gasteiger partial charge in [0.15, 0.2) is 0 Å². The van der Waals surface area contributed by atoms with Gasteiger partial charge in [-0.05, 0) is 29.8 Å². The number of ether oxygens (including phenoxy) is 1. The lowest BCUT2D eigenvalue weighted by molar-refractivity contribution is -0.0505. The van der Waals surface area contributed by atoms with Gasteiger partial charge in [0.1, 0.15) is 5.75 Å². The van der Waals surface area contributed by atoms with Gasteiger partial charge >= 0.3 is 6.61 Å². The van der Waals surface area contributed by atoms with Crippen molar-refractivity contribution in [1.29, 1.82) is 5.26 Å². The molecule has 0 saturated carbocycles. The number of halogens is 3. The van der Waals surface area contributed by atoms with Gasteiger partial charge in [-0.1, -0.05) is 28.1 Å². The zero-order valence-corrected chi connectivity index (χ0v) is 15.3. The van der Waals surface area contributed by atoms with Crippen molar-refractivity contribution in [3.8, 4) is 11.8 Å². The minimum Gasteiger partial charge on any atom is -0.434 e. The number of alkyl halides is 2. The van der Waals surface area contributed by atoms with Crippen LogP contribution in [0.3, 0.4) is 0 Å². The van der Waals surface area contributed by atoms with Gasteiger partial charge in [-0.15, -0.1) is 0 Å². The number of hydrogen-bond acceptors (Lipinski definition) is 3. The van der Waals surface area contributed by atoms with Gasteiger partial charge in [-0.2, -0.15) is 14.0 Å². The zero-order chi connectivity index (χ0) is 18.8. The Kier molecular flexibility index (Phi) is 5.09. The molecular formula is C18H14BrF2N3O2. The van der Waals surface area contributed by atoms with E-state index in [1.54, 1.807) is 42.1 Å². The second-order valence-corrected chi connectivity index (χ2v) is 6.57. The van der Waals surface area contributed by atoms with E-state index >= 15 is 0 Å². The molecule has 0 aliphatic heterocycles. The van der Waals surface area contributed by atoms with Crippen molar-refractivity contribution in [3.63, 3.8) is 0 Å². The molecule has 0 radical (unpaired) electrons. The Labute approximate surface area is 156 Å². The first-order valence-corrected chi connectivity index (χ1v) is 8.49. The molecule has 0 N–H and O–H groups in total. The van der Waals surface area contributed by atoms with Crippen molar-refractivity contribution in [2.24, 2.45) is 7.05 Å². The molecule has 2 aromatic carbocycles. The van der Waals surface area contributed by atoms with Crippen molar-refractivity contribution in [2.75, 3.05) is 0 Å². The van der Waals surface area contributed by atoms with Crippen LogP contribution in [0.5, 0.6) is 5.75 Å². The predicted octanol–water partition coefficient (Wildman–Crippen LogP) is 3.82. The summed E-state index contributed by atoms with van der Waals surface area (Å²) in [5, 5.41) is 9.56. The summed E-state index contributed by atoms with van der Waals surface area (Å²) in [4.78, 5) is 12.4. The number of hydrogen-bond donors (Lipinski definition) is 0. The molecule has 0 amide bonds.